The largest absolute Gasteiger partial charge is 0.497 e. The number of amides is 1. The number of nitrogens with zero attached hydrogens (tertiary/aromatic N) is 3. The third-order valence-corrected chi connectivity index (χ3v) is 4.31. The van der Waals surface area contributed by atoms with Crippen LogP contribution in [-0.4, -0.2) is 67.3 Å². The van der Waals surface area contributed by atoms with E-state index in [9.17, 15) is 4.79 Å². The molecule has 7 nitrogen and oxygen atoms in total. The van der Waals surface area contributed by atoms with Gasteiger partial charge in [-0.05, 0) is 51.3 Å². The molecule has 0 spiro atoms. The van der Waals surface area contributed by atoms with Gasteiger partial charge >= 0.3 is 6.09 Å². The second kappa shape index (κ2) is 9.48. The minimum Gasteiger partial charge on any atom is -0.497 e. The molecule has 0 aliphatic carbocycles. The molecule has 0 radical (unpaired) electrons. The molecule has 1 aliphatic rings. The maximum atomic E-state index is 12.1. The van der Waals surface area contributed by atoms with Crippen LogP contribution in [-0.2, 0) is 11.2 Å². The summed E-state index contributed by atoms with van der Waals surface area (Å²) in [7, 11) is 1.67. The van der Waals surface area contributed by atoms with Gasteiger partial charge in [-0.15, -0.1) is 0 Å². The van der Waals surface area contributed by atoms with E-state index in [1.807, 2.05) is 37.8 Å². The van der Waals surface area contributed by atoms with Crippen LogP contribution in [0.3, 0.4) is 0 Å². The summed E-state index contributed by atoms with van der Waals surface area (Å²) in [6, 6.07) is 8.08. The molecule has 1 aromatic carbocycles. The van der Waals surface area contributed by atoms with Gasteiger partial charge in [-0.3, -0.25) is 4.99 Å². The molecule has 0 unspecified atom stereocenters. The minimum atomic E-state index is -0.474. The summed E-state index contributed by atoms with van der Waals surface area (Å²) >= 11 is 0. The number of aliphatic imine (C=N–C) groups is 1. The van der Waals surface area contributed by atoms with Crippen LogP contribution in [0.5, 0.6) is 5.75 Å². The van der Waals surface area contributed by atoms with E-state index in [2.05, 4.69) is 17.1 Å². The first-order chi connectivity index (χ1) is 12.8. The third-order valence-electron chi connectivity index (χ3n) is 4.31. The summed E-state index contributed by atoms with van der Waals surface area (Å²) in [5.74, 6) is 1.42. The molecule has 0 aromatic heterocycles. The van der Waals surface area contributed by atoms with Gasteiger partial charge in [0.1, 0.15) is 11.4 Å². The van der Waals surface area contributed by atoms with Crippen molar-refractivity contribution in [2.75, 3.05) is 39.8 Å². The zero-order chi connectivity index (χ0) is 19.9. The molecule has 27 heavy (non-hydrogen) atoms. The SMILES string of the molecule is COc1ccc(CCCN=C(N)N2CCN(C(=O)OC(C)(C)C)CC2)cc1. The predicted octanol–water partition coefficient (Wildman–Crippen LogP) is 2.50. The number of carbonyl (C=O) groups excluding carboxylic acids is 1. The third kappa shape index (κ3) is 7.00. The van der Waals surface area contributed by atoms with Crippen LogP contribution in [0.2, 0.25) is 0 Å². The van der Waals surface area contributed by atoms with Crippen LogP contribution in [0.4, 0.5) is 4.79 Å². The molecule has 0 atom stereocenters. The Labute approximate surface area is 162 Å². The maximum Gasteiger partial charge on any atom is 0.410 e. The van der Waals surface area contributed by atoms with Crippen molar-refractivity contribution in [2.24, 2.45) is 10.7 Å². The van der Waals surface area contributed by atoms with E-state index in [4.69, 9.17) is 15.2 Å². The highest BCUT2D eigenvalue weighted by Crippen LogP contribution is 2.13. The number of nitrogens with two attached hydrogens (primary N) is 1. The van der Waals surface area contributed by atoms with Crippen LogP contribution in [0, 0.1) is 0 Å². The van der Waals surface area contributed by atoms with Gasteiger partial charge < -0.3 is 25.0 Å². The monoisotopic (exact) mass is 376 g/mol. The fraction of sp³-hybridized carbons (Fsp3) is 0.600. The second-order valence-electron chi connectivity index (χ2n) is 7.65. The van der Waals surface area contributed by atoms with E-state index < -0.39 is 5.60 Å². The smallest absolute Gasteiger partial charge is 0.410 e. The number of aryl methyl sites for hydroxylation is 1. The Kier molecular flexibility index (Phi) is 7.33. The Morgan fingerprint density at radius 2 is 1.70 bits per heavy atom. The van der Waals surface area contributed by atoms with Crippen LogP contribution in [0.25, 0.3) is 0 Å². The molecule has 1 heterocycles. The number of benzene rings is 1. The number of hydrogen-bond donors (Lipinski definition) is 1. The Balaban J connectivity index is 1.71. The zero-order valence-corrected chi connectivity index (χ0v) is 16.9. The molecule has 2 N–H and O–H groups in total. The van der Waals surface area contributed by atoms with Crippen LogP contribution >= 0.6 is 0 Å². The van der Waals surface area contributed by atoms with Crippen molar-refractivity contribution in [2.45, 2.75) is 39.2 Å². The number of piperazine rings is 1. The fourth-order valence-corrected chi connectivity index (χ4v) is 2.81. The lowest BCUT2D eigenvalue weighted by Crippen LogP contribution is -2.53. The molecule has 1 amide bonds. The van der Waals surface area contributed by atoms with Crippen molar-refractivity contribution in [1.29, 1.82) is 0 Å². The van der Waals surface area contributed by atoms with Crippen LogP contribution < -0.4 is 10.5 Å². The van der Waals surface area contributed by atoms with E-state index >= 15 is 0 Å². The summed E-state index contributed by atoms with van der Waals surface area (Å²) in [5.41, 5.74) is 6.90. The van der Waals surface area contributed by atoms with Gasteiger partial charge in [-0.2, -0.15) is 0 Å². The van der Waals surface area contributed by atoms with Crippen molar-refractivity contribution >= 4 is 12.1 Å². The molecular weight excluding hydrogens is 344 g/mol. The van der Waals surface area contributed by atoms with Crippen LogP contribution in [0.1, 0.15) is 32.8 Å². The van der Waals surface area contributed by atoms with Gasteiger partial charge in [-0.1, -0.05) is 12.1 Å². The Morgan fingerprint density at radius 3 is 2.26 bits per heavy atom. The van der Waals surface area contributed by atoms with E-state index in [0.717, 1.165) is 18.6 Å². The van der Waals surface area contributed by atoms with Crippen molar-refractivity contribution in [3.05, 3.63) is 29.8 Å². The minimum absolute atomic E-state index is 0.267. The molecule has 1 saturated heterocycles. The standard InChI is InChI=1S/C20H32N4O3/c1-20(2,3)27-19(25)24-14-12-23(13-15-24)18(21)22-11-5-6-16-7-9-17(26-4)10-8-16/h7-10H,5-6,11-15H2,1-4H3,(H2,21,22). The maximum absolute atomic E-state index is 12.1. The van der Waals surface area contributed by atoms with E-state index in [1.165, 1.54) is 5.56 Å². The fourth-order valence-electron chi connectivity index (χ4n) is 2.81. The molecule has 0 saturated carbocycles. The van der Waals surface area contributed by atoms with Gasteiger partial charge in [0.15, 0.2) is 5.96 Å². The molecule has 0 bridgehead atoms. The lowest BCUT2D eigenvalue weighted by molar-refractivity contribution is 0.0186. The van der Waals surface area contributed by atoms with E-state index in [1.54, 1.807) is 12.0 Å². The zero-order valence-electron chi connectivity index (χ0n) is 16.9. The summed E-state index contributed by atoms with van der Waals surface area (Å²) in [4.78, 5) is 20.3. The van der Waals surface area contributed by atoms with E-state index in [0.29, 0.717) is 38.7 Å². The van der Waals surface area contributed by atoms with E-state index in [-0.39, 0.29) is 6.09 Å². The first kappa shape index (κ1) is 20.9. The highest BCUT2D eigenvalue weighted by atomic mass is 16.6. The average Bonchev–Trinajstić information content (AvgIpc) is 2.64. The number of hydrogen-bond acceptors (Lipinski definition) is 4. The molecule has 7 heteroatoms. The lowest BCUT2D eigenvalue weighted by atomic mass is 10.1. The average molecular weight is 377 g/mol. The highest BCUT2D eigenvalue weighted by molar-refractivity contribution is 5.78. The number of ether oxygens (including phenoxy) is 2. The number of carbonyl (C=O) groups is 1. The van der Waals surface area contributed by atoms with Crippen molar-refractivity contribution in [3.63, 3.8) is 0 Å². The summed E-state index contributed by atoms with van der Waals surface area (Å²) in [5, 5.41) is 0. The normalized spacial score (nSPS) is 15.6. The van der Waals surface area contributed by atoms with Crippen molar-refractivity contribution in [1.82, 2.24) is 9.80 Å². The first-order valence-corrected chi connectivity index (χ1v) is 9.44. The van der Waals surface area contributed by atoms with Gasteiger partial charge in [0.25, 0.3) is 0 Å². The molecule has 2 rings (SSSR count). The first-order valence-electron chi connectivity index (χ1n) is 9.44. The van der Waals surface area contributed by atoms with Gasteiger partial charge in [0.05, 0.1) is 7.11 Å². The Bertz CT molecular complexity index is 630. The Morgan fingerprint density at radius 1 is 1.11 bits per heavy atom. The van der Waals surface area contributed by atoms with Crippen molar-refractivity contribution in [3.8, 4) is 5.75 Å². The number of methoxy groups -OCH3 is 1. The predicted molar refractivity (Wildman–Crippen MR) is 107 cm³/mol. The molecule has 1 aromatic rings. The topological polar surface area (TPSA) is 80.4 Å². The molecule has 1 fully saturated rings. The quantitative estimate of drug-likeness (QED) is 0.485. The summed E-state index contributed by atoms with van der Waals surface area (Å²) < 4.78 is 10.6. The van der Waals surface area contributed by atoms with Gasteiger partial charge in [0, 0.05) is 32.7 Å². The van der Waals surface area contributed by atoms with Gasteiger partial charge in [-0.25, -0.2) is 4.79 Å². The highest BCUT2D eigenvalue weighted by Gasteiger charge is 2.26. The number of rotatable bonds is 5. The molecule has 1 aliphatic heterocycles. The van der Waals surface area contributed by atoms with Gasteiger partial charge in [0.2, 0.25) is 0 Å². The lowest BCUT2D eigenvalue weighted by Gasteiger charge is -2.36. The summed E-state index contributed by atoms with van der Waals surface area (Å²) in [6.45, 7) is 8.84. The summed E-state index contributed by atoms with van der Waals surface area (Å²) in [6.07, 6.45) is 1.62. The molecule has 150 valence electrons. The van der Waals surface area contributed by atoms with Crippen LogP contribution in [0.15, 0.2) is 29.3 Å². The Hall–Kier alpha value is -2.44. The number of guanidine groups is 1. The van der Waals surface area contributed by atoms with Crippen molar-refractivity contribution < 1.29 is 14.3 Å². The second-order valence-corrected chi connectivity index (χ2v) is 7.65. The molecular formula is C20H32N4O3.